The molecule has 1 aliphatic rings. The molecule has 0 bridgehead atoms. The lowest BCUT2D eigenvalue weighted by molar-refractivity contribution is -0.384. The van der Waals surface area contributed by atoms with Gasteiger partial charge in [-0.25, -0.2) is 0 Å². The molecule has 0 aromatic heterocycles. The van der Waals surface area contributed by atoms with Gasteiger partial charge in [0.2, 0.25) is 0 Å². The van der Waals surface area contributed by atoms with Gasteiger partial charge in [-0.15, -0.1) is 12.6 Å². The molecule has 1 unspecified atom stereocenters. The number of hydrogen-bond acceptors (Lipinski definition) is 7. The molecule has 1 atom stereocenters. The van der Waals surface area contributed by atoms with Crippen molar-refractivity contribution in [2.45, 2.75) is 13.1 Å². The van der Waals surface area contributed by atoms with Gasteiger partial charge in [-0.1, -0.05) is 12.1 Å². The molecule has 142 valence electrons. The Balaban J connectivity index is 2.11. The number of nitro benzene ring substituents is 1. The summed E-state index contributed by atoms with van der Waals surface area (Å²) in [5.41, 5.74) is 0.880. The summed E-state index contributed by atoms with van der Waals surface area (Å²) < 4.78 is 5.44. The fourth-order valence-electron chi connectivity index (χ4n) is 2.89. The summed E-state index contributed by atoms with van der Waals surface area (Å²) in [5, 5.41) is 23.3. The van der Waals surface area contributed by atoms with Crippen LogP contribution in [0.5, 0.6) is 5.75 Å². The highest BCUT2D eigenvalue weighted by molar-refractivity contribution is 7.84. The molecule has 0 spiro atoms. The van der Waals surface area contributed by atoms with E-state index in [1.165, 1.54) is 18.2 Å². The highest BCUT2D eigenvalue weighted by Gasteiger charge is 2.34. The minimum Gasteiger partial charge on any atom is -0.494 e. The Morgan fingerprint density at radius 1 is 1.32 bits per heavy atom. The Labute approximate surface area is 166 Å². The molecule has 1 amide bonds. The average molecular weight is 396 g/mol. The highest BCUT2D eigenvalue weighted by atomic mass is 32.1. The summed E-state index contributed by atoms with van der Waals surface area (Å²) in [7, 11) is 0. The van der Waals surface area contributed by atoms with Crippen LogP contribution < -0.4 is 15.0 Å². The van der Waals surface area contributed by atoms with Crippen LogP contribution in [0.3, 0.4) is 0 Å². The van der Waals surface area contributed by atoms with Gasteiger partial charge in [-0.3, -0.25) is 14.9 Å². The first-order valence-electron chi connectivity index (χ1n) is 8.37. The van der Waals surface area contributed by atoms with Crippen molar-refractivity contribution in [3.05, 3.63) is 74.8 Å². The van der Waals surface area contributed by atoms with E-state index in [9.17, 15) is 20.2 Å². The van der Waals surface area contributed by atoms with E-state index in [2.05, 4.69) is 17.9 Å². The van der Waals surface area contributed by atoms with Crippen LogP contribution >= 0.6 is 12.6 Å². The van der Waals surface area contributed by atoms with Crippen LogP contribution in [0.2, 0.25) is 0 Å². The second-order valence-corrected chi connectivity index (χ2v) is 6.26. The van der Waals surface area contributed by atoms with Crippen molar-refractivity contribution in [1.29, 1.82) is 5.26 Å². The molecule has 0 radical (unpaired) electrons. The number of ether oxygens (including phenoxy) is 1. The van der Waals surface area contributed by atoms with Crippen molar-refractivity contribution in [3.63, 3.8) is 0 Å². The van der Waals surface area contributed by atoms with Crippen molar-refractivity contribution in [2.24, 2.45) is 0 Å². The van der Waals surface area contributed by atoms with Crippen molar-refractivity contribution in [1.82, 2.24) is 5.32 Å². The number of carbonyl (C=O) groups is 1. The smallest absolute Gasteiger partial charge is 0.269 e. The molecule has 3 rings (SSSR count). The fourth-order valence-corrected chi connectivity index (χ4v) is 3.27. The second kappa shape index (κ2) is 8.02. The Hall–Kier alpha value is -3.51. The summed E-state index contributed by atoms with van der Waals surface area (Å²) >= 11 is 4.40. The number of rotatable bonds is 5. The minimum atomic E-state index is -0.769. The number of nitro groups is 1. The van der Waals surface area contributed by atoms with E-state index in [4.69, 9.17) is 4.74 Å². The Bertz CT molecular complexity index is 998. The third-order valence-electron chi connectivity index (χ3n) is 4.14. The van der Waals surface area contributed by atoms with Gasteiger partial charge >= 0.3 is 0 Å². The molecule has 28 heavy (non-hydrogen) atoms. The van der Waals surface area contributed by atoms with Crippen LogP contribution in [0.1, 0.15) is 18.7 Å². The van der Waals surface area contributed by atoms with Gasteiger partial charge in [-0.2, -0.15) is 5.26 Å². The molecule has 2 aromatic carbocycles. The van der Waals surface area contributed by atoms with Crippen molar-refractivity contribution in [2.75, 3.05) is 11.5 Å². The number of anilines is 1. The first-order chi connectivity index (χ1) is 13.5. The first-order valence-corrected chi connectivity index (χ1v) is 8.81. The van der Waals surface area contributed by atoms with Crippen LogP contribution in [-0.2, 0) is 4.79 Å². The SMILES string of the molecule is CCOc1ccc(N2C(S)=C(C#N)C(=O)NC2c2cccc([N+](=O)[O-])c2)cc1. The molecule has 0 saturated heterocycles. The molecule has 8 nitrogen and oxygen atoms in total. The summed E-state index contributed by atoms with van der Waals surface area (Å²) in [6.45, 7) is 2.39. The van der Waals surface area contributed by atoms with Crippen LogP contribution in [0.4, 0.5) is 11.4 Å². The Kier molecular flexibility index (Phi) is 5.52. The monoisotopic (exact) mass is 396 g/mol. The Morgan fingerprint density at radius 3 is 2.64 bits per heavy atom. The number of amides is 1. The van der Waals surface area contributed by atoms with Gasteiger partial charge in [-0.05, 0) is 31.2 Å². The van der Waals surface area contributed by atoms with Gasteiger partial charge in [0.25, 0.3) is 11.6 Å². The summed E-state index contributed by atoms with van der Waals surface area (Å²) in [4.78, 5) is 24.6. The van der Waals surface area contributed by atoms with Crippen molar-refractivity contribution in [3.8, 4) is 11.8 Å². The van der Waals surface area contributed by atoms with Gasteiger partial charge in [0, 0.05) is 23.4 Å². The number of benzene rings is 2. The number of thiol groups is 1. The molecule has 9 heteroatoms. The quantitative estimate of drug-likeness (QED) is 0.456. The normalized spacial score (nSPS) is 16.4. The lowest BCUT2D eigenvalue weighted by atomic mass is 10.1. The minimum absolute atomic E-state index is 0.103. The molecule has 1 heterocycles. The number of nitrogens with one attached hydrogen (secondary N) is 1. The number of nitriles is 1. The van der Waals surface area contributed by atoms with Crippen LogP contribution in [-0.4, -0.2) is 17.4 Å². The number of nitrogens with zero attached hydrogens (tertiary/aromatic N) is 3. The number of non-ortho nitro benzene ring substituents is 1. The molecule has 0 saturated carbocycles. The maximum absolute atomic E-state index is 12.3. The molecule has 0 aliphatic carbocycles. The predicted molar refractivity (Wildman–Crippen MR) is 106 cm³/mol. The number of hydrogen-bond donors (Lipinski definition) is 2. The predicted octanol–water partition coefficient (Wildman–Crippen LogP) is 3.29. The molecule has 2 aromatic rings. The summed E-state index contributed by atoms with van der Waals surface area (Å²) in [6, 6.07) is 14.8. The summed E-state index contributed by atoms with van der Waals surface area (Å²) in [5.74, 6) is 0.0792. The van der Waals surface area contributed by atoms with E-state index < -0.39 is 17.0 Å². The van der Waals surface area contributed by atoms with E-state index in [0.717, 1.165) is 0 Å². The lowest BCUT2D eigenvalue weighted by Gasteiger charge is -2.37. The van der Waals surface area contributed by atoms with E-state index in [1.54, 1.807) is 35.2 Å². The van der Waals surface area contributed by atoms with Gasteiger partial charge in [0.15, 0.2) is 0 Å². The highest BCUT2D eigenvalue weighted by Crippen LogP contribution is 2.37. The topological polar surface area (TPSA) is 108 Å². The third kappa shape index (κ3) is 3.63. The van der Waals surface area contributed by atoms with Crippen LogP contribution in [0, 0.1) is 21.4 Å². The zero-order valence-corrected chi connectivity index (χ0v) is 15.7. The molecular weight excluding hydrogens is 380 g/mol. The van der Waals surface area contributed by atoms with Gasteiger partial charge < -0.3 is 15.0 Å². The largest absolute Gasteiger partial charge is 0.494 e. The molecule has 1 aliphatic heterocycles. The van der Waals surface area contributed by atoms with Gasteiger partial charge in [0.05, 0.1) is 16.6 Å². The number of carbonyl (C=O) groups excluding carboxylic acids is 1. The second-order valence-electron chi connectivity index (χ2n) is 5.84. The average Bonchev–Trinajstić information content (AvgIpc) is 2.69. The Morgan fingerprint density at radius 2 is 2.04 bits per heavy atom. The maximum atomic E-state index is 12.3. The molecular formula is C19H16N4O4S. The third-order valence-corrected chi connectivity index (χ3v) is 4.58. The fraction of sp³-hybridized carbons (Fsp3) is 0.158. The molecule has 0 fully saturated rings. The summed E-state index contributed by atoms with van der Waals surface area (Å²) in [6.07, 6.45) is -0.769. The lowest BCUT2D eigenvalue weighted by Crippen LogP contribution is -2.46. The standard InChI is InChI=1S/C19H16N4O4S/c1-2-27-15-8-6-13(7-9-15)22-17(21-18(24)16(11-20)19(22)28)12-4-3-5-14(10-12)23(25)26/h3-10,17,28H,2H2,1H3,(H,21,24). The van der Waals surface area contributed by atoms with Crippen molar-refractivity contribution >= 4 is 29.9 Å². The zero-order chi connectivity index (χ0) is 20.3. The zero-order valence-electron chi connectivity index (χ0n) is 14.8. The maximum Gasteiger partial charge on any atom is 0.269 e. The van der Waals surface area contributed by atoms with Crippen LogP contribution in [0.15, 0.2) is 59.1 Å². The van der Waals surface area contributed by atoms with E-state index >= 15 is 0 Å². The van der Waals surface area contributed by atoms with E-state index in [-0.39, 0.29) is 16.3 Å². The van der Waals surface area contributed by atoms with E-state index in [0.29, 0.717) is 23.6 Å². The van der Waals surface area contributed by atoms with Crippen LogP contribution in [0.25, 0.3) is 0 Å². The van der Waals surface area contributed by atoms with Gasteiger partial charge in [0.1, 0.15) is 23.6 Å². The van der Waals surface area contributed by atoms with E-state index in [1.807, 2.05) is 13.0 Å². The molecule has 1 N–H and O–H groups in total. The van der Waals surface area contributed by atoms with Crippen molar-refractivity contribution < 1.29 is 14.5 Å². The first kappa shape index (κ1) is 19.3.